The summed E-state index contributed by atoms with van der Waals surface area (Å²) in [4.78, 5) is 26.2. The van der Waals surface area contributed by atoms with Crippen molar-refractivity contribution in [2.24, 2.45) is 0 Å². The minimum atomic E-state index is -0.545. The number of rotatable bonds is 3. The monoisotopic (exact) mass is 338 g/mol. The molecule has 2 aliphatic rings. The van der Waals surface area contributed by atoms with E-state index in [-0.39, 0.29) is 17.6 Å². The van der Waals surface area contributed by atoms with E-state index in [1.54, 1.807) is 24.1 Å². The maximum Gasteiger partial charge on any atom is 0.235 e. The Morgan fingerprint density at radius 2 is 1.84 bits per heavy atom. The molecule has 2 aromatic carbocycles. The van der Waals surface area contributed by atoms with Gasteiger partial charge in [0.15, 0.2) is 0 Å². The highest BCUT2D eigenvalue weighted by Gasteiger charge is 2.51. The standard InChI is InChI=1S/C20H19FN2O2/c1-23-17-8-7-16(12-13(17)2-9-18(23)24)22-19(25)20(10-11-20)14-3-5-15(21)6-4-14/h3-8,12H,2,9-11H2,1H3,(H,22,25). The third-order valence-electron chi connectivity index (χ3n) is 5.26. The molecule has 5 heteroatoms. The fourth-order valence-corrected chi connectivity index (χ4v) is 3.53. The molecule has 1 saturated carbocycles. The van der Waals surface area contributed by atoms with Crippen LogP contribution in [0.25, 0.3) is 0 Å². The van der Waals surface area contributed by atoms with Crippen molar-refractivity contribution in [1.29, 1.82) is 0 Å². The van der Waals surface area contributed by atoms with Crippen LogP contribution in [0.15, 0.2) is 42.5 Å². The molecule has 0 radical (unpaired) electrons. The Morgan fingerprint density at radius 1 is 1.12 bits per heavy atom. The third kappa shape index (κ3) is 2.69. The van der Waals surface area contributed by atoms with Gasteiger partial charge in [0, 0.05) is 24.8 Å². The van der Waals surface area contributed by atoms with Crippen LogP contribution in [-0.4, -0.2) is 18.9 Å². The van der Waals surface area contributed by atoms with Gasteiger partial charge in [-0.1, -0.05) is 12.1 Å². The topological polar surface area (TPSA) is 49.4 Å². The molecule has 0 saturated heterocycles. The van der Waals surface area contributed by atoms with E-state index in [1.165, 1.54) is 12.1 Å². The zero-order valence-corrected chi connectivity index (χ0v) is 14.0. The second kappa shape index (κ2) is 5.69. The van der Waals surface area contributed by atoms with Crippen LogP contribution in [-0.2, 0) is 21.4 Å². The number of halogens is 1. The van der Waals surface area contributed by atoms with Crippen LogP contribution in [0.2, 0.25) is 0 Å². The summed E-state index contributed by atoms with van der Waals surface area (Å²) in [6.45, 7) is 0. The number of hydrogen-bond acceptors (Lipinski definition) is 2. The lowest BCUT2D eigenvalue weighted by molar-refractivity contribution is -0.119. The molecule has 2 aromatic rings. The number of nitrogens with zero attached hydrogens (tertiary/aromatic N) is 1. The molecule has 1 aliphatic carbocycles. The summed E-state index contributed by atoms with van der Waals surface area (Å²) in [5, 5.41) is 3.00. The number of fused-ring (bicyclic) bond motifs is 1. The number of carbonyl (C=O) groups is 2. The maximum absolute atomic E-state index is 13.1. The highest BCUT2D eigenvalue weighted by Crippen LogP contribution is 2.49. The number of amides is 2. The van der Waals surface area contributed by atoms with Crippen LogP contribution in [0.5, 0.6) is 0 Å². The summed E-state index contributed by atoms with van der Waals surface area (Å²) in [5.74, 6) is -0.245. The van der Waals surface area contributed by atoms with Gasteiger partial charge in [-0.2, -0.15) is 0 Å². The molecular formula is C20H19FN2O2. The number of carbonyl (C=O) groups excluding carboxylic acids is 2. The largest absolute Gasteiger partial charge is 0.325 e. The van der Waals surface area contributed by atoms with Crippen LogP contribution in [0.3, 0.4) is 0 Å². The Labute approximate surface area is 145 Å². The van der Waals surface area contributed by atoms with Crippen LogP contribution >= 0.6 is 0 Å². The smallest absolute Gasteiger partial charge is 0.235 e. The number of aryl methyl sites for hydroxylation is 1. The van der Waals surface area contributed by atoms with E-state index in [1.807, 2.05) is 18.2 Å². The predicted octanol–water partition coefficient (Wildman–Crippen LogP) is 3.41. The van der Waals surface area contributed by atoms with E-state index in [4.69, 9.17) is 0 Å². The number of nitrogens with one attached hydrogen (secondary N) is 1. The molecule has 2 amide bonds. The van der Waals surface area contributed by atoms with Crippen LogP contribution < -0.4 is 10.2 Å². The zero-order valence-electron chi connectivity index (χ0n) is 14.0. The number of hydrogen-bond donors (Lipinski definition) is 1. The van der Waals surface area contributed by atoms with Gasteiger partial charge in [-0.25, -0.2) is 4.39 Å². The van der Waals surface area contributed by atoms with Crippen molar-refractivity contribution >= 4 is 23.2 Å². The van der Waals surface area contributed by atoms with E-state index in [9.17, 15) is 14.0 Å². The lowest BCUT2D eigenvalue weighted by atomic mass is 9.94. The zero-order chi connectivity index (χ0) is 17.6. The highest BCUT2D eigenvalue weighted by molar-refractivity contribution is 6.02. The molecule has 4 rings (SSSR count). The van der Waals surface area contributed by atoms with Crippen molar-refractivity contribution in [3.05, 3.63) is 59.4 Å². The van der Waals surface area contributed by atoms with Crippen molar-refractivity contribution < 1.29 is 14.0 Å². The molecule has 25 heavy (non-hydrogen) atoms. The summed E-state index contributed by atoms with van der Waals surface area (Å²) in [5.41, 5.74) is 3.01. The van der Waals surface area contributed by atoms with Gasteiger partial charge in [0.1, 0.15) is 5.82 Å². The first-order chi connectivity index (χ1) is 12.0. The molecule has 1 N–H and O–H groups in total. The van der Waals surface area contributed by atoms with E-state index in [0.29, 0.717) is 12.8 Å². The van der Waals surface area contributed by atoms with E-state index in [2.05, 4.69) is 5.32 Å². The van der Waals surface area contributed by atoms with Crippen molar-refractivity contribution in [2.75, 3.05) is 17.3 Å². The molecule has 0 bridgehead atoms. The van der Waals surface area contributed by atoms with Crippen molar-refractivity contribution in [2.45, 2.75) is 31.1 Å². The Morgan fingerprint density at radius 3 is 2.52 bits per heavy atom. The Bertz CT molecular complexity index is 856. The normalized spacial score (nSPS) is 17.8. The molecule has 128 valence electrons. The summed E-state index contributed by atoms with van der Waals surface area (Å²) in [7, 11) is 1.77. The van der Waals surface area contributed by atoms with Gasteiger partial charge in [-0.05, 0) is 60.7 Å². The van der Waals surface area contributed by atoms with Gasteiger partial charge < -0.3 is 10.2 Å². The first kappa shape index (κ1) is 15.8. The summed E-state index contributed by atoms with van der Waals surface area (Å²) < 4.78 is 13.1. The van der Waals surface area contributed by atoms with Crippen LogP contribution in [0, 0.1) is 5.82 Å². The minimum Gasteiger partial charge on any atom is -0.325 e. The summed E-state index contributed by atoms with van der Waals surface area (Å²) in [6.07, 6.45) is 2.71. The Kier molecular flexibility index (Phi) is 3.60. The fraction of sp³-hybridized carbons (Fsp3) is 0.300. The lowest BCUT2D eigenvalue weighted by Gasteiger charge is -2.26. The number of anilines is 2. The SMILES string of the molecule is CN1C(=O)CCc2cc(NC(=O)C3(c4ccc(F)cc4)CC3)ccc21. The first-order valence-electron chi connectivity index (χ1n) is 8.47. The molecule has 0 unspecified atom stereocenters. The van der Waals surface area contributed by atoms with Gasteiger partial charge in [0.2, 0.25) is 11.8 Å². The van der Waals surface area contributed by atoms with Gasteiger partial charge in [-0.3, -0.25) is 9.59 Å². The lowest BCUT2D eigenvalue weighted by Crippen LogP contribution is -2.31. The second-order valence-corrected chi connectivity index (χ2v) is 6.84. The summed E-state index contributed by atoms with van der Waals surface area (Å²) in [6, 6.07) is 11.8. The Balaban J connectivity index is 1.55. The third-order valence-corrected chi connectivity index (χ3v) is 5.26. The molecule has 0 aromatic heterocycles. The van der Waals surface area contributed by atoms with Crippen molar-refractivity contribution in [3.63, 3.8) is 0 Å². The minimum absolute atomic E-state index is 0.0562. The highest BCUT2D eigenvalue weighted by atomic mass is 19.1. The Hall–Kier alpha value is -2.69. The van der Waals surface area contributed by atoms with Gasteiger partial charge in [0.05, 0.1) is 5.41 Å². The molecule has 1 heterocycles. The quantitative estimate of drug-likeness (QED) is 0.932. The van der Waals surface area contributed by atoms with Gasteiger partial charge >= 0.3 is 0 Å². The van der Waals surface area contributed by atoms with Crippen LogP contribution in [0.4, 0.5) is 15.8 Å². The molecular weight excluding hydrogens is 319 g/mol. The number of benzene rings is 2. The van der Waals surface area contributed by atoms with E-state index in [0.717, 1.165) is 35.3 Å². The average Bonchev–Trinajstić information content (AvgIpc) is 3.41. The maximum atomic E-state index is 13.1. The fourth-order valence-electron chi connectivity index (χ4n) is 3.53. The average molecular weight is 338 g/mol. The summed E-state index contributed by atoms with van der Waals surface area (Å²) >= 11 is 0. The van der Waals surface area contributed by atoms with E-state index < -0.39 is 5.41 Å². The second-order valence-electron chi connectivity index (χ2n) is 6.84. The molecule has 1 fully saturated rings. The van der Waals surface area contributed by atoms with Gasteiger partial charge in [0.25, 0.3) is 0 Å². The molecule has 0 spiro atoms. The molecule has 1 aliphatic heterocycles. The van der Waals surface area contributed by atoms with E-state index >= 15 is 0 Å². The van der Waals surface area contributed by atoms with Crippen LogP contribution in [0.1, 0.15) is 30.4 Å². The van der Waals surface area contributed by atoms with Crippen molar-refractivity contribution in [1.82, 2.24) is 0 Å². The predicted molar refractivity (Wildman–Crippen MR) is 94.1 cm³/mol. The van der Waals surface area contributed by atoms with Crippen molar-refractivity contribution in [3.8, 4) is 0 Å². The molecule has 4 nitrogen and oxygen atoms in total. The molecule has 0 atom stereocenters. The first-order valence-corrected chi connectivity index (χ1v) is 8.47. The van der Waals surface area contributed by atoms with Gasteiger partial charge in [-0.15, -0.1) is 0 Å².